The fourth-order valence-corrected chi connectivity index (χ4v) is 6.87. The summed E-state index contributed by atoms with van der Waals surface area (Å²) in [6, 6.07) is 3.14. The van der Waals surface area contributed by atoms with E-state index in [1.54, 1.807) is 11.5 Å². The molecule has 3 aliphatic carbocycles. The molecule has 3 fully saturated rings. The van der Waals surface area contributed by atoms with E-state index in [1.807, 2.05) is 0 Å². The fourth-order valence-electron chi connectivity index (χ4n) is 6.87. The van der Waals surface area contributed by atoms with Crippen LogP contribution < -0.4 is 5.48 Å². The molecule has 3 atom stereocenters. The predicted molar refractivity (Wildman–Crippen MR) is 103 cm³/mol. The molecule has 6 heteroatoms. The summed E-state index contributed by atoms with van der Waals surface area (Å²) in [4.78, 5) is 14.1. The molecule has 28 heavy (non-hydrogen) atoms. The normalized spacial score (nSPS) is 38.6. The lowest BCUT2D eigenvalue weighted by Crippen LogP contribution is -2.62. The Morgan fingerprint density at radius 1 is 1.32 bits per heavy atom. The molecule has 152 valence electrons. The summed E-state index contributed by atoms with van der Waals surface area (Å²) in [5, 5.41) is 18.1. The quantitative estimate of drug-likeness (QED) is 0.472. The van der Waals surface area contributed by atoms with E-state index in [9.17, 15) is 14.3 Å². The van der Waals surface area contributed by atoms with Crippen LogP contribution in [-0.2, 0) is 13.0 Å². The number of amides is 1. The van der Waals surface area contributed by atoms with Gasteiger partial charge in [-0.1, -0.05) is 6.92 Å². The van der Waals surface area contributed by atoms with Crippen molar-refractivity contribution in [1.29, 1.82) is 0 Å². The van der Waals surface area contributed by atoms with Gasteiger partial charge in [-0.3, -0.25) is 14.9 Å². The second kappa shape index (κ2) is 6.51. The number of nitrogens with one attached hydrogen (secondary N) is 1. The fraction of sp³-hybridized carbons (Fsp3) is 0.682. The Labute approximate surface area is 164 Å². The molecule has 3 saturated carbocycles. The molecule has 4 aliphatic rings. The zero-order chi connectivity index (χ0) is 19.6. The number of hydroxylamine groups is 1. The Morgan fingerprint density at radius 2 is 2.04 bits per heavy atom. The van der Waals surface area contributed by atoms with Crippen LogP contribution in [0.3, 0.4) is 0 Å². The highest BCUT2D eigenvalue weighted by molar-refractivity contribution is 5.93. The van der Waals surface area contributed by atoms with Gasteiger partial charge in [-0.2, -0.15) is 0 Å². The minimum absolute atomic E-state index is 0.143. The number of hydrogen-bond donors (Lipinski definition) is 2. The van der Waals surface area contributed by atoms with Crippen molar-refractivity contribution in [2.45, 2.75) is 63.6 Å². The van der Waals surface area contributed by atoms with E-state index in [0.717, 1.165) is 55.0 Å². The first kappa shape index (κ1) is 18.5. The Balaban J connectivity index is 1.38. The smallest absolute Gasteiger partial charge is 0.274 e. The second-order valence-electron chi connectivity index (χ2n) is 9.73. The van der Waals surface area contributed by atoms with Crippen molar-refractivity contribution in [3.05, 3.63) is 34.6 Å². The van der Waals surface area contributed by atoms with Gasteiger partial charge in [0.2, 0.25) is 0 Å². The molecule has 0 saturated heterocycles. The standard InChI is InChI=1S/C22H29FN2O3/c1-2-17-7-18-16(5-13(6-19(18)23)21(26)24-28)10-25(17)11-22(27)8-14-3-12-4-15(9-22)20(12)14/h5-6,12,14-15,17,20,27-28H,2-4,7-11H2,1H3,(H,24,26)/p+1/t12?,14?,15?,17-,20?,22?/m0/s1. The van der Waals surface area contributed by atoms with Gasteiger partial charge in [0.1, 0.15) is 5.82 Å². The van der Waals surface area contributed by atoms with Crippen LogP contribution in [0.1, 0.15) is 60.5 Å². The van der Waals surface area contributed by atoms with Crippen LogP contribution in [0.15, 0.2) is 12.1 Å². The van der Waals surface area contributed by atoms with Crippen LogP contribution in [0.4, 0.5) is 4.39 Å². The third kappa shape index (κ3) is 2.80. The lowest BCUT2D eigenvalue weighted by atomic mass is 9.41. The average Bonchev–Trinajstić information content (AvgIpc) is 2.63. The second-order valence-corrected chi connectivity index (χ2v) is 9.73. The van der Waals surface area contributed by atoms with Crippen molar-refractivity contribution in [3.63, 3.8) is 0 Å². The molecule has 5 rings (SSSR count). The van der Waals surface area contributed by atoms with Crippen molar-refractivity contribution in [2.24, 2.45) is 23.7 Å². The number of hydrogen-bond acceptors (Lipinski definition) is 3. The van der Waals surface area contributed by atoms with Crippen molar-refractivity contribution in [1.82, 2.24) is 10.4 Å². The molecule has 2 unspecified atom stereocenters. The number of fused-ring (bicyclic) bond motifs is 1. The Bertz CT molecular complexity index is 797. The maximum atomic E-state index is 14.6. The van der Waals surface area contributed by atoms with Gasteiger partial charge in [0.15, 0.2) is 5.60 Å². The number of carbonyl (C=O) groups is 1. The van der Waals surface area contributed by atoms with Gasteiger partial charge in [-0.05, 0) is 72.6 Å². The van der Waals surface area contributed by atoms with E-state index in [4.69, 9.17) is 5.21 Å². The first-order chi connectivity index (χ1) is 13.4. The van der Waals surface area contributed by atoms with Gasteiger partial charge in [-0.25, -0.2) is 9.87 Å². The van der Waals surface area contributed by atoms with E-state index in [0.29, 0.717) is 18.5 Å². The van der Waals surface area contributed by atoms with Crippen molar-refractivity contribution in [2.75, 3.05) is 6.54 Å². The van der Waals surface area contributed by atoms with Crippen LogP contribution in [0.25, 0.3) is 0 Å². The van der Waals surface area contributed by atoms with Crippen LogP contribution >= 0.6 is 0 Å². The summed E-state index contributed by atoms with van der Waals surface area (Å²) in [6.45, 7) is 3.43. The summed E-state index contributed by atoms with van der Waals surface area (Å²) in [5.41, 5.74) is 2.83. The molecule has 5 nitrogen and oxygen atoms in total. The van der Waals surface area contributed by atoms with E-state index in [-0.39, 0.29) is 17.4 Å². The van der Waals surface area contributed by atoms with E-state index < -0.39 is 11.5 Å². The zero-order valence-electron chi connectivity index (χ0n) is 16.4. The first-order valence-corrected chi connectivity index (χ1v) is 10.7. The minimum Gasteiger partial charge on any atom is -0.440 e. The van der Waals surface area contributed by atoms with Crippen LogP contribution in [-0.4, -0.2) is 39.3 Å². The van der Waals surface area contributed by atoms with E-state index in [2.05, 4.69) is 11.8 Å². The summed E-state index contributed by atoms with van der Waals surface area (Å²) in [6.07, 6.45) is 6.20. The highest BCUT2D eigenvalue weighted by atomic mass is 19.1. The topological polar surface area (TPSA) is 75.5 Å². The molecular formula is C22H30FN2O3+. The highest BCUT2D eigenvalue weighted by Gasteiger charge is 2.62. The molecule has 1 aromatic carbocycles. The minimum atomic E-state index is -0.689. The Hall–Kier alpha value is -1.50. The third-order valence-corrected chi connectivity index (χ3v) is 8.11. The monoisotopic (exact) mass is 389 g/mol. The third-order valence-electron chi connectivity index (χ3n) is 8.11. The van der Waals surface area contributed by atoms with Crippen LogP contribution in [0.5, 0.6) is 0 Å². The van der Waals surface area contributed by atoms with Gasteiger partial charge in [-0.15, -0.1) is 0 Å². The van der Waals surface area contributed by atoms with Crippen LogP contribution in [0.2, 0.25) is 0 Å². The van der Waals surface area contributed by atoms with Crippen molar-refractivity contribution < 1.29 is 19.5 Å². The van der Waals surface area contributed by atoms with Gasteiger partial charge in [0, 0.05) is 31.0 Å². The summed E-state index contributed by atoms with van der Waals surface area (Å²) in [7, 11) is 0. The molecule has 1 aromatic rings. The predicted octanol–water partition coefficient (Wildman–Crippen LogP) is 2.61. The Kier molecular flexibility index (Phi) is 4.30. The number of rotatable bonds is 4. The molecular weight excluding hydrogens is 359 g/mol. The molecule has 0 radical (unpaired) electrons. The SMILES string of the molecule is CC[C@H]1Cc2c(F)cc(C(=O)NO)cc2CN1CC1([OH2+])CC2CC3CC(C1)C32. The van der Waals surface area contributed by atoms with Gasteiger partial charge >= 0.3 is 0 Å². The van der Waals surface area contributed by atoms with Crippen molar-refractivity contribution in [3.8, 4) is 0 Å². The molecule has 1 heterocycles. The number of halogens is 1. The zero-order valence-corrected chi connectivity index (χ0v) is 16.4. The molecule has 0 spiro atoms. The number of carbonyl (C=O) groups excluding carboxylic acids is 1. The lowest BCUT2D eigenvalue weighted by molar-refractivity contribution is -0.195. The first-order valence-electron chi connectivity index (χ1n) is 10.7. The maximum absolute atomic E-state index is 14.6. The van der Waals surface area contributed by atoms with Gasteiger partial charge in [0.25, 0.3) is 5.91 Å². The average molecular weight is 389 g/mol. The summed E-state index contributed by atoms with van der Waals surface area (Å²) >= 11 is 0. The largest absolute Gasteiger partial charge is 0.440 e. The van der Waals surface area contributed by atoms with E-state index >= 15 is 0 Å². The lowest BCUT2D eigenvalue weighted by Gasteiger charge is -2.64. The molecule has 4 N–H and O–H groups in total. The van der Waals surface area contributed by atoms with Crippen molar-refractivity contribution >= 4 is 5.91 Å². The van der Waals surface area contributed by atoms with Crippen LogP contribution in [0, 0.1) is 29.5 Å². The molecule has 0 bridgehead atoms. The Morgan fingerprint density at radius 3 is 2.64 bits per heavy atom. The maximum Gasteiger partial charge on any atom is 0.274 e. The molecule has 0 aromatic heterocycles. The number of nitrogens with zero attached hydrogens (tertiary/aromatic N) is 1. The summed E-state index contributed by atoms with van der Waals surface area (Å²) in [5.74, 6) is 2.32. The molecule has 1 amide bonds. The molecule has 1 aliphatic heterocycles. The van der Waals surface area contributed by atoms with Gasteiger partial charge in [0.05, 0.1) is 6.54 Å². The van der Waals surface area contributed by atoms with Gasteiger partial charge < -0.3 is 5.11 Å². The summed E-state index contributed by atoms with van der Waals surface area (Å²) < 4.78 is 14.6. The number of benzene rings is 1. The highest BCUT2D eigenvalue weighted by Crippen LogP contribution is 2.65. The van der Waals surface area contributed by atoms with E-state index in [1.165, 1.54) is 18.9 Å².